The van der Waals surface area contributed by atoms with Crippen molar-refractivity contribution in [2.75, 3.05) is 6.54 Å². The number of furan rings is 1. The van der Waals surface area contributed by atoms with Gasteiger partial charge >= 0.3 is 6.03 Å². The van der Waals surface area contributed by atoms with E-state index in [0.717, 1.165) is 5.56 Å². The van der Waals surface area contributed by atoms with Crippen molar-refractivity contribution in [3.8, 4) is 11.3 Å². The number of carbonyl (C=O) groups excluding carboxylic acids is 2. The molecule has 6 nitrogen and oxygen atoms in total. The lowest BCUT2D eigenvalue weighted by Gasteiger charge is -2.13. The van der Waals surface area contributed by atoms with Crippen LogP contribution in [0.5, 0.6) is 0 Å². The van der Waals surface area contributed by atoms with Crippen LogP contribution in [0.4, 0.5) is 9.18 Å². The fourth-order valence-electron chi connectivity index (χ4n) is 1.98. The number of hydrogen-bond donors (Lipinski definition) is 2. The second kappa shape index (κ2) is 5.37. The molecule has 2 aromatic rings. The number of nitrogens with one attached hydrogen (secondary N) is 2. The molecule has 3 amide bonds. The summed E-state index contributed by atoms with van der Waals surface area (Å²) in [6, 6.07) is 8.99. The van der Waals surface area contributed by atoms with Crippen LogP contribution >= 0.6 is 0 Å². The predicted octanol–water partition coefficient (Wildman–Crippen LogP) is 1.64. The number of carbonyl (C=O) groups is 2. The van der Waals surface area contributed by atoms with Crippen molar-refractivity contribution in [3.05, 3.63) is 48.0 Å². The van der Waals surface area contributed by atoms with E-state index < -0.39 is 6.03 Å². The molecule has 1 aromatic heterocycles. The Morgan fingerprint density at radius 3 is 2.62 bits per heavy atom. The Labute approximate surface area is 119 Å². The Morgan fingerprint density at radius 2 is 1.95 bits per heavy atom. The van der Waals surface area contributed by atoms with E-state index >= 15 is 0 Å². The van der Waals surface area contributed by atoms with E-state index in [1.54, 1.807) is 24.3 Å². The molecule has 0 saturated carbocycles. The van der Waals surface area contributed by atoms with Gasteiger partial charge in [0.2, 0.25) is 5.91 Å². The van der Waals surface area contributed by atoms with Crippen molar-refractivity contribution in [1.82, 2.24) is 15.8 Å². The molecule has 7 heteroatoms. The van der Waals surface area contributed by atoms with Gasteiger partial charge in [-0.2, -0.15) is 0 Å². The number of amides is 3. The third-order valence-corrected chi connectivity index (χ3v) is 3.03. The second-order valence-electron chi connectivity index (χ2n) is 4.55. The van der Waals surface area contributed by atoms with Gasteiger partial charge in [0.25, 0.3) is 0 Å². The lowest BCUT2D eigenvalue weighted by atomic mass is 10.2. The average molecular weight is 289 g/mol. The Balaban J connectivity index is 1.64. The van der Waals surface area contributed by atoms with E-state index in [1.165, 1.54) is 17.1 Å². The summed E-state index contributed by atoms with van der Waals surface area (Å²) in [7, 11) is 0. The number of rotatable bonds is 4. The number of imide groups is 1. The molecule has 0 spiro atoms. The summed E-state index contributed by atoms with van der Waals surface area (Å²) in [5.41, 5.74) is 3.56. The molecular formula is C14H12FN3O3. The molecule has 21 heavy (non-hydrogen) atoms. The fraction of sp³-hybridized carbons (Fsp3) is 0.143. The van der Waals surface area contributed by atoms with Crippen molar-refractivity contribution in [3.63, 3.8) is 0 Å². The van der Waals surface area contributed by atoms with Crippen LogP contribution in [0.2, 0.25) is 0 Å². The van der Waals surface area contributed by atoms with E-state index in [1.807, 2.05) is 0 Å². The highest BCUT2D eigenvalue weighted by Gasteiger charge is 2.26. The van der Waals surface area contributed by atoms with Gasteiger partial charge in [0.05, 0.1) is 6.54 Å². The van der Waals surface area contributed by atoms with Crippen molar-refractivity contribution in [1.29, 1.82) is 0 Å². The zero-order chi connectivity index (χ0) is 14.8. The van der Waals surface area contributed by atoms with E-state index in [4.69, 9.17) is 4.42 Å². The molecule has 108 valence electrons. The first kappa shape index (κ1) is 13.3. The SMILES string of the molecule is O=C1CN(NCc2ccc(-c3ccc(F)cc3)o2)C(=O)N1. The van der Waals surface area contributed by atoms with Gasteiger partial charge in [0, 0.05) is 5.56 Å². The third-order valence-electron chi connectivity index (χ3n) is 3.03. The first-order chi connectivity index (χ1) is 10.1. The van der Waals surface area contributed by atoms with Gasteiger partial charge in [-0.3, -0.25) is 10.1 Å². The van der Waals surface area contributed by atoms with Crippen LogP contribution in [0.15, 0.2) is 40.8 Å². The molecule has 1 saturated heterocycles. The highest BCUT2D eigenvalue weighted by atomic mass is 19.1. The van der Waals surface area contributed by atoms with E-state index in [9.17, 15) is 14.0 Å². The van der Waals surface area contributed by atoms with Crippen LogP contribution in [-0.2, 0) is 11.3 Å². The van der Waals surface area contributed by atoms with Crippen molar-refractivity contribution >= 4 is 11.9 Å². The molecular weight excluding hydrogens is 277 g/mol. The maximum Gasteiger partial charge on any atom is 0.338 e. The molecule has 1 aliphatic heterocycles. The topological polar surface area (TPSA) is 74.6 Å². The molecule has 3 rings (SSSR count). The Morgan fingerprint density at radius 1 is 1.19 bits per heavy atom. The number of hydrogen-bond acceptors (Lipinski definition) is 4. The molecule has 2 heterocycles. The zero-order valence-electron chi connectivity index (χ0n) is 10.9. The molecule has 1 fully saturated rings. The molecule has 0 bridgehead atoms. The third kappa shape index (κ3) is 2.92. The molecule has 0 aliphatic carbocycles. The van der Waals surface area contributed by atoms with Crippen molar-refractivity contribution in [2.45, 2.75) is 6.54 Å². The largest absolute Gasteiger partial charge is 0.460 e. The lowest BCUT2D eigenvalue weighted by molar-refractivity contribution is -0.118. The summed E-state index contributed by atoms with van der Waals surface area (Å²) in [5, 5.41) is 3.34. The van der Waals surface area contributed by atoms with E-state index in [-0.39, 0.29) is 24.8 Å². The van der Waals surface area contributed by atoms with Gasteiger partial charge < -0.3 is 4.42 Å². The van der Waals surface area contributed by atoms with Crippen LogP contribution in [0.25, 0.3) is 11.3 Å². The second-order valence-corrected chi connectivity index (χ2v) is 4.55. The highest BCUT2D eigenvalue weighted by molar-refractivity contribution is 6.01. The summed E-state index contributed by atoms with van der Waals surface area (Å²) >= 11 is 0. The summed E-state index contributed by atoms with van der Waals surface area (Å²) in [5.74, 6) is 0.547. The summed E-state index contributed by atoms with van der Waals surface area (Å²) < 4.78 is 18.5. The molecule has 0 radical (unpaired) electrons. The fourth-order valence-corrected chi connectivity index (χ4v) is 1.98. The van der Waals surface area contributed by atoms with Gasteiger partial charge in [0.15, 0.2) is 0 Å². The minimum atomic E-state index is -0.481. The van der Waals surface area contributed by atoms with Crippen LogP contribution in [-0.4, -0.2) is 23.5 Å². The van der Waals surface area contributed by atoms with Crippen LogP contribution in [0.3, 0.4) is 0 Å². The highest BCUT2D eigenvalue weighted by Crippen LogP contribution is 2.22. The van der Waals surface area contributed by atoms with Gasteiger partial charge in [-0.15, -0.1) is 0 Å². The molecule has 2 N–H and O–H groups in total. The van der Waals surface area contributed by atoms with Gasteiger partial charge in [-0.05, 0) is 36.4 Å². The first-order valence-corrected chi connectivity index (χ1v) is 6.31. The number of nitrogens with zero attached hydrogens (tertiary/aromatic N) is 1. The molecule has 1 aliphatic rings. The Kier molecular flexibility index (Phi) is 3.41. The van der Waals surface area contributed by atoms with Gasteiger partial charge in [-0.25, -0.2) is 19.6 Å². The summed E-state index contributed by atoms with van der Waals surface area (Å²) in [6.07, 6.45) is 0. The Bertz CT molecular complexity index is 681. The first-order valence-electron chi connectivity index (χ1n) is 6.31. The van der Waals surface area contributed by atoms with Crippen LogP contribution in [0, 0.1) is 5.82 Å². The minimum absolute atomic E-state index is 0.0235. The maximum atomic E-state index is 12.9. The molecule has 0 atom stereocenters. The van der Waals surface area contributed by atoms with Gasteiger partial charge in [0.1, 0.15) is 23.9 Å². The minimum Gasteiger partial charge on any atom is -0.460 e. The average Bonchev–Trinajstić information content (AvgIpc) is 3.04. The number of halogens is 1. The number of benzene rings is 1. The van der Waals surface area contributed by atoms with E-state index in [0.29, 0.717) is 11.5 Å². The van der Waals surface area contributed by atoms with E-state index in [2.05, 4.69) is 10.7 Å². The van der Waals surface area contributed by atoms with Crippen LogP contribution < -0.4 is 10.7 Å². The quantitative estimate of drug-likeness (QED) is 0.839. The van der Waals surface area contributed by atoms with Gasteiger partial charge in [-0.1, -0.05) is 0 Å². The zero-order valence-corrected chi connectivity index (χ0v) is 10.9. The number of hydrazine groups is 1. The molecule has 0 unspecified atom stereocenters. The molecule has 1 aromatic carbocycles. The smallest absolute Gasteiger partial charge is 0.338 e. The summed E-state index contributed by atoms with van der Waals surface area (Å²) in [6.45, 7) is 0.242. The van der Waals surface area contributed by atoms with Crippen LogP contribution in [0.1, 0.15) is 5.76 Å². The normalized spacial score (nSPS) is 14.6. The Hall–Kier alpha value is -2.67. The van der Waals surface area contributed by atoms with Crippen molar-refractivity contribution < 1.29 is 18.4 Å². The predicted molar refractivity (Wildman–Crippen MR) is 71.2 cm³/mol. The standard InChI is InChI=1S/C14H12FN3O3/c15-10-3-1-9(2-4-10)12-6-5-11(21-12)7-16-18-8-13(19)17-14(18)20/h1-6,16H,7-8H2,(H,17,19,20). The maximum absolute atomic E-state index is 12.9. The number of urea groups is 1. The lowest BCUT2D eigenvalue weighted by Crippen LogP contribution is -2.39. The monoisotopic (exact) mass is 289 g/mol. The van der Waals surface area contributed by atoms with Crippen molar-refractivity contribution in [2.24, 2.45) is 0 Å². The summed E-state index contributed by atoms with van der Waals surface area (Å²) in [4.78, 5) is 22.4.